The van der Waals surface area contributed by atoms with Gasteiger partial charge in [0, 0.05) is 18.8 Å². The van der Waals surface area contributed by atoms with Crippen molar-refractivity contribution in [1.29, 1.82) is 0 Å². The number of halogens is 2. The van der Waals surface area contributed by atoms with Crippen LogP contribution in [0.15, 0.2) is 41.3 Å². The van der Waals surface area contributed by atoms with Gasteiger partial charge in [-0.1, -0.05) is 23.2 Å². The van der Waals surface area contributed by atoms with Crippen LogP contribution in [0.1, 0.15) is 10.4 Å². The number of aromatic hydroxyl groups is 1. The Labute approximate surface area is 166 Å². The largest absolute Gasteiger partial charge is 0.508 e. The van der Waals surface area contributed by atoms with Crippen molar-refractivity contribution in [3.05, 3.63) is 52.0 Å². The predicted molar refractivity (Wildman–Crippen MR) is 102 cm³/mol. The lowest BCUT2D eigenvalue weighted by Gasteiger charge is -2.26. The third-order valence-corrected chi connectivity index (χ3v) is 6.66. The minimum Gasteiger partial charge on any atom is -0.508 e. The second-order valence-electron chi connectivity index (χ2n) is 5.78. The van der Waals surface area contributed by atoms with Gasteiger partial charge in [0.2, 0.25) is 10.0 Å². The molecular formula is C17H16Cl2N2O5S. The first-order valence-corrected chi connectivity index (χ1v) is 10.2. The van der Waals surface area contributed by atoms with Crippen molar-refractivity contribution >= 4 is 44.8 Å². The number of carbonyl (C=O) groups is 1. The highest BCUT2D eigenvalue weighted by Gasteiger charge is 2.30. The van der Waals surface area contributed by atoms with Crippen LogP contribution >= 0.6 is 23.2 Å². The molecule has 1 aliphatic rings. The summed E-state index contributed by atoms with van der Waals surface area (Å²) in [6, 6.07) is 8.24. The van der Waals surface area contributed by atoms with Crippen molar-refractivity contribution in [2.45, 2.75) is 4.90 Å². The molecule has 1 heterocycles. The molecule has 3 rings (SSSR count). The zero-order valence-corrected chi connectivity index (χ0v) is 16.3. The Morgan fingerprint density at radius 3 is 2.33 bits per heavy atom. The van der Waals surface area contributed by atoms with Gasteiger partial charge in [-0.05, 0) is 36.4 Å². The summed E-state index contributed by atoms with van der Waals surface area (Å²) in [7, 11) is -3.89. The summed E-state index contributed by atoms with van der Waals surface area (Å²) in [6.45, 7) is 0.990. The molecule has 1 amide bonds. The van der Waals surface area contributed by atoms with Crippen LogP contribution in [0.25, 0.3) is 0 Å². The molecule has 0 spiro atoms. The van der Waals surface area contributed by atoms with Gasteiger partial charge >= 0.3 is 0 Å². The maximum atomic E-state index is 12.9. The average Bonchev–Trinajstić information content (AvgIpc) is 2.64. The molecule has 0 bridgehead atoms. The minimum absolute atomic E-state index is 0.0252. The van der Waals surface area contributed by atoms with E-state index in [0.717, 1.165) is 0 Å². The van der Waals surface area contributed by atoms with Crippen LogP contribution in [0.5, 0.6) is 5.75 Å². The average molecular weight is 431 g/mol. The topological polar surface area (TPSA) is 95.9 Å². The lowest BCUT2D eigenvalue weighted by molar-refractivity contribution is 0.0730. The number of hydrogen-bond acceptors (Lipinski definition) is 5. The normalized spacial score (nSPS) is 15.5. The van der Waals surface area contributed by atoms with Gasteiger partial charge in [-0.25, -0.2) is 8.42 Å². The first-order valence-electron chi connectivity index (χ1n) is 7.96. The fourth-order valence-electron chi connectivity index (χ4n) is 2.57. The van der Waals surface area contributed by atoms with Crippen LogP contribution in [0, 0.1) is 0 Å². The summed E-state index contributed by atoms with van der Waals surface area (Å²) in [5, 5.41) is 11.9. The molecule has 1 fully saturated rings. The maximum absolute atomic E-state index is 12.9. The van der Waals surface area contributed by atoms with E-state index < -0.39 is 15.9 Å². The van der Waals surface area contributed by atoms with Gasteiger partial charge in [-0.3, -0.25) is 4.79 Å². The van der Waals surface area contributed by atoms with Crippen LogP contribution < -0.4 is 5.32 Å². The van der Waals surface area contributed by atoms with E-state index in [-0.39, 0.29) is 39.3 Å². The smallest absolute Gasteiger partial charge is 0.257 e. The molecule has 0 aromatic heterocycles. The van der Waals surface area contributed by atoms with Crippen LogP contribution in [0.4, 0.5) is 5.69 Å². The number of anilines is 1. The summed E-state index contributed by atoms with van der Waals surface area (Å²) in [5.41, 5.74) is 0.391. The summed E-state index contributed by atoms with van der Waals surface area (Å²) >= 11 is 12.2. The Balaban J connectivity index is 1.93. The van der Waals surface area contributed by atoms with E-state index in [2.05, 4.69) is 5.32 Å². The van der Waals surface area contributed by atoms with Gasteiger partial charge in [0.25, 0.3) is 5.91 Å². The SMILES string of the molecule is O=C(Nc1ccc(O)cc1)c1cc(S(=O)(=O)N2CCOCC2)c(Cl)cc1Cl. The molecule has 144 valence electrons. The molecule has 0 radical (unpaired) electrons. The molecule has 27 heavy (non-hydrogen) atoms. The molecule has 0 saturated carbocycles. The van der Waals surface area contributed by atoms with Crippen molar-refractivity contribution in [1.82, 2.24) is 4.31 Å². The first-order chi connectivity index (χ1) is 12.8. The van der Waals surface area contributed by atoms with E-state index in [9.17, 15) is 18.3 Å². The number of morpholine rings is 1. The molecule has 0 unspecified atom stereocenters. The Morgan fingerprint density at radius 1 is 1.07 bits per heavy atom. The molecule has 0 aliphatic carbocycles. The van der Waals surface area contributed by atoms with E-state index in [1.165, 1.54) is 40.7 Å². The summed E-state index contributed by atoms with van der Waals surface area (Å²) in [5.74, 6) is -0.544. The number of carbonyl (C=O) groups excluding carboxylic acids is 1. The zero-order chi connectivity index (χ0) is 19.6. The molecule has 1 aliphatic heterocycles. The van der Waals surface area contributed by atoms with E-state index >= 15 is 0 Å². The van der Waals surface area contributed by atoms with Gasteiger partial charge in [0.15, 0.2) is 0 Å². The molecule has 2 N–H and O–H groups in total. The fourth-order valence-corrected chi connectivity index (χ4v) is 4.81. The van der Waals surface area contributed by atoms with E-state index in [1.54, 1.807) is 0 Å². The van der Waals surface area contributed by atoms with Gasteiger partial charge < -0.3 is 15.2 Å². The first kappa shape index (κ1) is 19.9. The molecule has 10 heteroatoms. The van der Waals surface area contributed by atoms with Gasteiger partial charge in [0.1, 0.15) is 10.6 Å². The standard InChI is InChI=1S/C17H16Cl2N2O5S/c18-14-10-15(19)16(27(24,25)21-5-7-26-8-6-21)9-13(14)17(23)20-11-1-3-12(22)4-2-11/h1-4,9-10,22H,5-8H2,(H,20,23). The number of phenolic OH excluding ortho intramolecular Hbond substituents is 1. The quantitative estimate of drug-likeness (QED) is 0.726. The second kappa shape index (κ2) is 8.04. The van der Waals surface area contributed by atoms with Crippen LogP contribution in [0.3, 0.4) is 0 Å². The molecule has 2 aromatic rings. The number of nitrogens with zero attached hydrogens (tertiary/aromatic N) is 1. The summed E-state index contributed by atoms with van der Waals surface area (Å²) in [4.78, 5) is 12.4. The molecule has 1 saturated heterocycles. The minimum atomic E-state index is -3.89. The Hall–Kier alpha value is -1.84. The Morgan fingerprint density at radius 2 is 1.70 bits per heavy atom. The lowest BCUT2D eigenvalue weighted by Crippen LogP contribution is -2.40. The van der Waals surface area contributed by atoms with Crippen LogP contribution in [0.2, 0.25) is 10.0 Å². The number of amides is 1. The molecule has 0 atom stereocenters. The zero-order valence-electron chi connectivity index (χ0n) is 14.0. The Kier molecular flexibility index (Phi) is 5.92. The molecule has 2 aromatic carbocycles. The highest BCUT2D eigenvalue weighted by atomic mass is 35.5. The van der Waals surface area contributed by atoms with Gasteiger partial charge in [-0.2, -0.15) is 4.31 Å². The summed E-state index contributed by atoms with van der Waals surface area (Å²) in [6.07, 6.45) is 0. The van der Waals surface area contributed by atoms with Crippen molar-refractivity contribution < 1.29 is 23.1 Å². The number of benzene rings is 2. The van der Waals surface area contributed by atoms with Gasteiger partial charge in [-0.15, -0.1) is 0 Å². The molecular weight excluding hydrogens is 415 g/mol. The van der Waals surface area contributed by atoms with Gasteiger partial charge in [0.05, 0.1) is 28.8 Å². The summed E-state index contributed by atoms with van der Waals surface area (Å²) < 4.78 is 32.2. The number of rotatable bonds is 4. The van der Waals surface area contributed by atoms with Crippen molar-refractivity contribution in [3.8, 4) is 5.75 Å². The van der Waals surface area contributed by atoms with Crippen molar-refractivity contribution in [2.24, 2.45) is 0 Å². The number of ether oxygens (including phenoxy) is 1. The predicted octanol–water partition coefficient (Wildman–Crippen LogP) is 2.97. The highest BCUT2D eigenvalue weighted by molar-refractivity contribution is 7.89. The van der Waals surface area contributed by atoms with Crippen molar-refractivity contribution in [2.75, 3.05) is 31.6 Å². The number of hydrogen-bond donors (Lipinski definition) is 2. The number of sulfonamides is 1. The van der Waals surface area contributed by atoms with Crippen LogP contribution in [-0.4, -0.2) is 50.0 Å². The highest BCUT2D eigenvalue weighted by Crippen LogP contribution is 2.31. The molecule has 7 nitrogen and oxygen atoms in total. The van der Waals surface area contributed by atoms with E-state index in [0.29, 0.717) is 18.9 Å². The monoisotopic (exact) mass is 430 g/mol. The third kappa shape index (κ3) is 4.36. The van der Waals surface area contributed by atoms with E-state index in [4.69, 9.17) is 27.9 Å². The third-order valence-electron chi connectivity index (χ3n) is 3.98. The number of nitrogens with one attached hydrogen (secondary N) is 1. The fraction of sp³-hybridized carbons (Fsp3) is 0.235. The lowest BCUT2D eigenvalue weighted by atomic mass is 10.2. The Bertz CT molecular complexity index is 958. The van der Waals surface area contributed by atoms with E-state index in [1.807, 2.05) is 0 Å². The van der Waals surface area contributed by atoms with Crippen LogP contribution in [-0.2, 0) is 14.8 Å². The number of phenols is 1. The second-order valence-corrected chi connectivity index (χ2v) is 8.50. The van der Waals surface area contributed by atoms with Crippen molar-refractivity contribution in [3.63, 3.8) is 0 Å². The maximum Gasteiger partial charge on any atom is 0.257 e.